The lowest BCUT2D eigenvalue weighted by Gasteiger charge is -2.15. The van der Waals surface area contributed by atoms with Crippen molar-refractivity contribution in [1.82, 2.24) is 0 Å². The van der Waals surface area contributed by atoms with Crippen LogP contribution in [0.25, 0.3) is 43.1 Å². The molecule has 0 fully saturated rings. The minimum atomic E-state index is -5.32. The molecule has 600 valence electrons. The number of nitrogen functional groups attached to an aromatic ring is 2. The predicted octanol–water partition coefficient (Wildman–Crippen LogP) is 16.1. The second-order valence-electron chi connectivity index (χ2n) is 21.9. The van der Waals surface area contributed by atoms with Crippen LogP contribution in [-0.4, -0.2) is 109 Å². The highest BCUT2D eigenvalue weighted by atomic mass is 32.2. The molecule has 16 N–H and O–H groups in total. The third-order valence-corrected chi connectivity index (χ3v) is 22.9. The Morgan fingerprint density at radius 3 is 1.50 bits per heavy atom. The van der Waals surface area contributed by atoms with Crippen molar-refractivity contribution in [3.63, 3.8) is 0 Å². The van der Waals surface area contributed by atoms with Crippen molar-refractivity contribution in [3.8, 4) is 28.7 Å². The number of nitrogens with zero attached hydrogens (tertiary/aromatic N) is 8. The van der Waals surface area contributed by atoms with Gasteiger partial charge in [-0.25, -0.2) is 26.3 Å². The normalized spacial score (nSPS) is 12.6. The van der Waals surface area contributed by atoms with Crippen molar-refractivity contribution >= 4 is 211 Å². The highest BCUT2D eigenvalue weighted by Gasteiger charge is 2.29. The summed E-state index contributed by atoms with van der Waals surface area (Å²) in [4.78, 5) is -3.67. The molecule has 44 nitrogen and oxygen atoms in total. The molecule has 0 radical (unpaired) electrons. The zero-order valence-corrected chi connectivity index (χ0v) is 64.2. The molecule has 0 atom stereocenters. The van der Waals surface area contributed by atoms with Gasteiger partial charge in [-0.15, -0.1) is 57.5 Å². The van der Waals surface area contributed by atoms with Gasteiger partial charge >= 0.3 is 10.1 Å². The number of nitrogens with two attached hydrogens (primary N) is 2. The van der Waals surface area contributed by atoms with Gasteiger partial charge in [0.2, 0.25) is 0 Å². The average molecular weight is 1770 g/mol. The van der Waals surface area contributed by atoms with Crippen LogP contribution in [0.15, 0.2) is 235 Å². The number of ether oxygens (including phenoxy) is 1. The molecule has 11 rings (SSSR count). The van der Waals surface area contributed by atoms with E-state index in [9.17, 15) is 75.6 Å². The summed E-state index contributed by atoms with van der Waals surface area (Å²) in [6.45, 7) is 1.78. The first-order valence-electron chi connectivity index (χ1n) is 29.7. The van der Waals surface area contributed by atoms with E-state index in [2.05, 4.69) is 87.8 Å². The number of aromatic hydroxyl groups is 3. The van der Waals surface area contributed by atoms with Crippen LogP contribution < -0.4 is 20.4 Å². The number of azo groups is 4. The Morgan fingerprint density at radius 2 is 0.886 bits per heavy atom. The number of phenolic OH excluding ortho intramolecular Hbond substituents is 3. The maximum absolute atomic E-state index is 13.1. The highest BCUT2D eigenvalue weighted by Crippen LogP contribution is 2.53. The number of rotatable bonds is 31. The van der Waals surface area contributed by atoms with Gasteiger partial charge in [0.15, 0.2) is 23.0 Å². The summed E-state index contributed by atoms with van der Waals surface area (Å²) < 4.78 is 197. The standard InChI is InChI=1S/C43H31N9O25S7.C17H15NO9S3/c1-69-21-7-9-25(30(14-21)79-75-71-57)46-52-40-35(84(66,67)68)13-19-11-29(78-74-70-56)27(15-23(19)42(40)54)48-49-28-17-34(83(63,64)65)24-16-32(81-77-73-59)39(43(55)36(24)37(28)44)50-45-20-6-8-22-18(10-20)12-31(80-76-72-58)38(41(22)53)51-47-26-4-2-3-5-33(26)82(60,61)62;1-10-2-4-12(5-3-10)30(23,24)25-16-8-13(29(20,21)22)6-11-7-17(28-27-26-19)15(18)9-14(11)16/h2-17,53-59H,44H2,1H3,(H,60,61,62)(H,63,64,65)(H,66,67,68);2-9,19H,18H2,1H3,(H,20,21,22). The predicted molar refractivity (Wildman–Crippen MR) is 397 cm³/mol. The van der Waals surface area contributed by atoms with E-state index < -0.39 is 121 Å². The third kappa shape index (κ3) is 20.5. The summed E-state index contributed by atoms with van der Waals surface area (Å²) in [7, 11) is -23.0. The van der Waals surface area contributed by atoms with Crippen molar-refractivity contribution in [2.24, 2.45) is 40.9 Å². The van der Waals surface area contributed by atoms with Crippen LogP contribution in [0.4, 0.5) is 56.9 Å². The molecule has 0 saturated carbocycles. The maximum Gasteiger partial charge on any atom is 0.339 e. The van der Waals surface area contributed by atoms with E-state index in [1.807, 2.05) is 0 Å². The molecule has 0 spiro atoms. The average Bonchev–Trinajstić information content (AvgIpc) is 0.748. The fourth-order valence-electron chi connectivity index (χ4n) is 10.0. The van der Waals surface area contributed by atoms with Gasteiger partial charge in [0.05, 0.1) is 113 Å². The topological polar surface area (TPSA) is 675 Å². The SMILES string of the molecule is COc1ccc(N=Nc2c(S(=O)(=O)O)cc3cc(SOOO)c(N=Nc4cc(S(=O)(=O)O)c5cc(SOOO)c(N=Nc6ccc7c(O)c(N=Nc8ccccc8S(=O)(=O)O)c(SOOO)cc7c6)c(O)c5c4N)cc3c2O)c(SOOO)c1.Cc1ccc(S(=O)(=O)Oc2cc(S(=O)(=O)O)cc3cc(SOOO)c(N)cc23)cc1. The van der Waals surface area contributed by atoms with Crippen LogP contribution in [0.1, 0.15) is 5.56 Å². The summed E-state index contributed by atoms with van der Waals surface area (Å²) in [5, 5.41) is 128. The minimum absolute atomic E-state index is 0.0435. The Kier molecular flexibility index (Phi) is 27.9. The number of hydrogen-bond acceptors (Lipinski definition) is 45. The van der Waals surface area contributed by atoms with Crippen molar-refractivity contribution < 1.29 is 158 Å². The van der Waals surface area contributed by atoms with Crippen molar-refractivity contribution in [2.45, 2.75) is 55.9 Å². The van der Waals surface area contributed by atoms with Gasteiger partial charge < -0.3 is 35.7 Å². The second-order valence-corrected chi connectivity index (χ2v) is 32.8. The van der Waals surface area contributed by atoms with Gasteiger partial charge in [-0.1, -0.05) is 55.0 Å². The van der Waals surface area contributed by atoms with Crippen molar-refractivity contribution in [1.29, 1.82) is 0 Å². The molecule has 0 saturated heterocycles. The van der Waals surface area contributed by atoms with Gasteiger partial charge in [0.1, 0.15) is 65.1 Å². The lowest BCUT2D eigenvalue weighted by molar-refractivity contribution is -0.432. The fourth-order valence-corrected chi connectivity index (χ4v) is 15.8. The van der Waals surface area contributed by atoms with E-state index in [0.717, 1.165) is 48.0 Å². The smallest absolute Gasteiger partial charge is 0.339 e. The van der Waals surface area contributed by atoms with E-state index in [-0.39, 0.29) is 131 Å². The Hall–Kier alpha value is -9.80. The van der Waals surface area contributed by atoms with E-state index >= 15 is 0 Å². The molecular weight excluding hydrogens is 1730 g/mol. The molecule has 0 aliphatic rings. The first kappa shape index (κ1) is 86.6. The zero-order valence-electron chi connectivity index (χ0n) is 56.0. The van der Waals surface area contributed by atoms with E-state index in [1.165, 1.54) is 92.0 Å². The van der Waals surface area contributed by atoms with E-state index in [1.54, 1.807) is 19.1 Å². The molecule has 11 aromatic carbocycles. The summed E-state index contributed by atoms with van der Waals surface area (Å²) in [5.41, 5.74) is 9.66. The monoisotopic (exact) mass is 1770 g/mol. The van der Waals surface area contributed by atoms with Crippen LogP contribution in [0.3, 0.4) is 0 Å². The second kappa shape index (κ2) is 36.8. The lowest BCUT2D eigenvalue weighted by atomic mass is 10.0. The zero-order chi connectivity index (χ0) is 82.8. The Morgan fingerprint density at radius 1 is 0.377 bits per heavy atom. The summed E-state index contributed by atoms with van der Waals surface area (Å²) in [5.74, 6) is -2.60. The van der Waals surface area contributed by atoms with Gasteiger partial charge in [0, 0.05) is 33.3 Å². The summed E-state index contributed by atoms with van der Waals surface area (Å²) >= 11 is 1.63. The number of anilines is 2. The fraction of sp³-hybridized carbons (Fsp3) is 0.0333. The molecule has 0 bridgehead atoms. The Labute approximate surface area is 659 Å². The first-order chi connectivity index (χ1) is 54.0. The molecule has 0 amide bonds. The molecule has 0 heterocycles. The molecule has 11 aromatic rings. The third-order valence-electron chi connectivity index (χ3n) is 15.0. The molecule has 0 unspecified atom stereocenters. The van der Waals surface area contributed by atoms with Gasteiger partial charge in [0.25, 0.3) is 40.5 Å². The number of benzene rings is 11. The number of fused-ring (bicyclic) bond motifs is 4. The number of aryl methyl sites for hydroxylation is 1. The quantitative estimate of drug-likeness (QED) is 0.00365. The molecule has 0 aromatic heterocycles. The highest BCUT2D eigenvalue weighted by molar-refractivity contribution is 7.95. The Bertz CT molecular complexity index is 6320. The van der Waals surface area contributed by atoms with Gasteiger partial charge in [-0.05, 0) is 138 Å². The molecule has 114 heavy (non-hydrogen) atoms. The summed E-state index contributed by atoms with van der Waals surface area (Å²) in [6.07, 6.45) is 0. The minimum Gasteiger partial charge on any atom is -0.505 e. The van der Waals surface area contributed by atoms with Crippen LogP contribution >= 0.6 is 60.2 Å². The van der Waals surface area contributed by atoms with Crippen molar-refractivity contribution in [3.05, 3.63) is 151 Å². The van der Waals surface area contributed by atoms with Crippen LogP contribution in [0.5, 0.6) is 28.7 Å². The summed E-state index contributed by atoms with van der Waals surface area (Å²) in [6, 6.07) is 29.5. The number of hydrogen-bond donors (Lipinski definition) is 14. The van der Waals surface area contributed by atoms with Crippen molar-refractivity contribution in [2.75, 3.05) is 18.6 Å². The van der Waals surface area contributed by atoms with E-state index in [0.29, 0.717) is 42.2 Å². The first-order valence-corrected chi connectivity index (χ1v) is 40.6. The Balaban J connectivity index is 0.000000382. The number of methoxy groups -OCH3 is 1. The lowest BCUT2D eigenvalue weighted by Crippen LogP contribution is -2.11. The van der Waals surface area contributed by atoms with Crippen LogP contribution in [0, 0.1) is 6.92 Å². The largest absolute Gasteiger partial charge is 0.505 e. The van der Waals surface area contributed by atoms with E-state index in [4.69, 9.17) is 46.7 Å². The number of phenols is 3. The van der Waals surface area contributed by atoms with Gasteiger partial charge in [-0.2, -0.15) is 47.2 Å². The molecular formula is C60H46N10O34S10. The van der Waals surface area contributed by atoms with Crippen LogP contribution in [-0.2, 0) is 97.5 Å². The van der Waals surface area contributed by atoms with Crippen LogP contribution in [0.2, 0.25) is 0 Å². The maximum atomic E-state index is 13.1. The molecule has 0 aliphatic heterocycles. The molecule has 0 aliphatic carbocycles. The molecule has 54 heteroatoms. The van der Waals surface area contributed by atoms with Gasteiger partial charge in [-0.3, -0.25) is 18.2 Å².